The van der Waals surface area contributed by atoms with Crippen LogP contribution < -0.4 is 10.6 Å². The molecule has 1 rings (SSSR count). The number of carboxylic acids is 1. The Morgan fingerprint density at radius 1 is 1.30 bits per heavy atom. The average Bonchev–Trinajstić information content (AvgIpc) is 2.30. The molecule has 20 heavy (non-hydrogen) atoms. The second-order valence-electron chi connectivity index (χ2n) is 5.81. The van der Waals surface area contributed by atoms with Gasteiger partial charge < -0.3 is 15.7 Å². The Hall–Kier alpha value is -1.36. The molecule has 1 heterocycles. The fourth-order valence-corrected chi connectivity index (χ4v) is 2.30. The van der Waals surface area contributed by atoms with Gasteiger partial charge in [0.05, 0.1) is 0 Å². The number of carbonyl (C=O) groups is 2. The summed E-state index contributed by atoms with van der Waals surface area (Å²) in [6, 6.07) is 0. The van der Waals surface area contributed by atoms with Crippen LogP contribution >= 0.6 is 0 Å². The van der Waals surface area contributed by atoms with E-state index in [0.717, 1.165) is 25.1 Å². The molecule has 0 spiro atoms. The van der Waals surface area contributed by atoms with Crippen LogP contribution in [0.25, 0.3) is 0 Å². The molecule has 5 heteroatoms. The quantitative estimate of drug-likeness (QED) is 0.590. The molecule has 0 saturated carbocycles. The van der Waals surface area contributed by atoms with Gasteiger partial charge in [-0.3, -0.25) is 9.59 Å². The highest BCUT2D eigenvalue weighted by molar-refractivity contribution is 5.93. The number of nitrogens with one attached hydrogen (secondary N) is 2. The van der Waals surface area contributed by atoms with Crippen molar-refractivity contribution in [1.29, 1.82) is 0 Å². The zero-order chi connectivity index (χ0) is 15.1. The van der Waals surface area contributed by atoms with Gasteiger partial charge in [-0.2, -0.15) is 0 Å². The monoisotopic (exact) mass is 282 g/mol. The van der Waals surface area contributed by atoms with Crippen LogP contribution in [0.15, 0.2) is 11.1 Å². The standard InChI is InChI=1S/C15H26N2O3/c1-10(2)12(4-5-14(18)19)6-7-17-15(20)11(3)13-8-16-9-13/h10,12,16H,4-9H2,1-3H3,(H,17,20)(H,18,19). The van der Waals surface area contributed by atoms with Gasteiger partial charge in [0.15, 0.2) is 0 Å². The predicted octanol–water partition coefficient (Wildman–Crippen LogP) is 1.55. The zero-order valence-electron chi connectivity index (χ0n) is 12.7. The van der Waals surface area contributed by atoms with Gasteiger partial charge >= 0.3 is 5.97 Å². The van der Waals surface area contributed by atoms with Crippen LogP contribution in [0.1, 0.15) is 40.0 Å². The van der Waals surface area contributed by atoms with E-state index in [-0.39, 0.29) is 12.3 Å². The average molecular weight is 282 g/mol. The summed E-state index contributed by atoms with van der Waals surface area (Å²) in [6.07, 6.45) is 1.70. The molecule has 0 aromatic carbocycles. The Labute approximate surface area is 120 Å². The second kappa shape index (κ2) is 8.04. The van der Waals surface area contributed by atoms with Crippen molar-refractivity contribution < 1.29 is 14.7 Å². The van der Waals surface area contributed by atoms with Gasteiger partial charge in [0.2, 0.25) is 5.91 Å². The number of hydrogen-bond donors (Lipinski definition) is 3. The van der Waals surface area contributed by atoms with Crippen molar-refractivity contribution in [3.63, 3.8) is 0 Å². The molecular weight excluding hydrogens is 256 g/mol. The van der Waals surface area contributed by atoms with E-state index in [4.69, 9.17) is 5.11 Å². The minimum atomic E-state index is -0.752. The maximum atomic E-state index is 11.9. The molecule has 0 radical (unpaired) electrons. The lowest BCUT2D eigenvalue weighted by Gasteiger charge is -2.22. The van der Waals surface area contributed by atoms with Crippen LogP contribution in [0.4, 0.5) is 0 Å². The van der Waals surface area contributed by atoms with Crippen molar-refractivity contribution in [3.05, 3.63) is 11.1 Å². The Balaban J connectivity index is 2.32. The lowest BCUT2D eigenvalue weighted by Crippen LogP contribution is -2.38. The van der Waals surface area contributed by atoms with Crippen molar-refractivity contribution in [2.75, 3.05) is 19.6 Å². The lowest BCUT2D eigenvalue weighted by molar-refractivity contribution is -0.137. The maximum absolute atomic E-state index is 11.9. The Bertz CT molecular complexity index is 383. The molecule has 1 aliphatic heterocycles. The van der Waals surface area contributed by atoms with Gasteiger partial charge in [0.25, 0.3) is 0 Å². The van der Waals surface area contributed by atoms with E-state index in [1.54, 1.807) is 0 Å². The fourth-order valence-electron chi connectivity index (χ4n) is 2.30. The van der Waals surface area contributed by atoms with Crippen LogP contribution in [-0.4, -0.2) is 36.6 Å². The van der Waals surface area contributed by atoms with Gasteiger partial charge in [-0.15, -0.1) is 0 Å². The summed E-state index contributed by atoms with van der Waals surface area (Å²) in [6.45, 7) is 8.29. The van der Waals surface area contributed by atoms with E-state index in [2.05, 4.69) is 24.5 Å². The minimum absolute atomic E-state index is 0.00207. The van der Waals surface area contributed by atoms with Crippen LogP contribution in [0.3, 0.4) is 0 Å². The highest BCUT2D eigenvalue weighted by Gasteiger charge is 2.17. The number of carboxylic acid groups (broad SMARTS) is 1. The third-order valence-corrected chi connectivity index (χ3v) is 4.02. The molecule has 1 unspecified atom stereocenters. The first kappa shape index (κ1) is 16.7. The maximum Gasteiger partial charge on any atom is 0.303 e. The summed E-state index contributed by atoms with van der Waals surface area (Å²) in [5.74, 6) is 0.0197. The van der Waals surface area contributed by atoms with E-state index >= 15 is 0 Å². The zero-order valence-corrected chi connectivity index (χ0v) is 12.7. The molecule has 0 bridgehead atoms. The van der Waals surface area contributed by atoms with E-state index in [1.807, 2.05) is 6.92 Å². The van der Waals surface area contributed by atoms with Crippen molar-refractivity contribution in [2.45, 2.75) is 40.0 Å². The molecule has 1 saturated heterocycles. The smallest absolute Gasteiger partial charge is 0.303 e. The first-order valence-electron chi connectivity index (χ1n) is 7.31. The summed E-state index contributed by atoms with van der Waals surface area (Å²) in [5.41, 5.74) is 1.99. The SMILES string of the molecule is CC(C(=O)NCCC(CCC(=O)O)C(C)C)=C1CNC1. The fraction of sp³-hybridized carbons (Fsp3) is 0.733. The Morgan fingerprint density at radius 2 is 1.95 bits per heavy atom. The molecule has 1 fully saturated rings. The molecule has 114 valence electrons. The first-order chi connectivity index (χ1) is 9.41. The molecule has 1 aliphatic rings. The van der Waals surface area contributed by atoms with E-state index in [1.165, 1.54) is 5.57 Å². The number of rotatable bonds is 8. The van der Waals surface area contributed by atoms with Gasteiger partial charge in [0.1, 0.15) is 0 Å². The molecule has 0 aromatic rings. The normalized spacial score (nSPS) is 15.7. The Kier molecular flexibility index (Phi) is 6.71. The minimum Gasteiger partial charge on any atom is -0.481 e. The van der Waals surface area contributed by atoms with Crippen LogP contribution in [0, 0.1) is 11.8 Å². The first-order valence-corrected chi connectivity index (χ1v) is 7.31. The lowest BCUT2D eigenvalue weighted by atomic mass is 9.88. The van der Waals surface area contributed by atoms with Crippen molar-refractivity contribution in [3.8, 4) is 0 Å². The van der Waals surface area contributed by atoms with Crippen LogP contribution in [0.5, 0.6) is 0 Å². The third kappa shape index (κ3) is 5.33. The van der Waals surface area contributed by atoms with E-state index in [0.29, 0.717) is 24.8 Å². The van der Waals surface area contributed by atoms with Crippen molar-refractivity contribution in [2.24, 2.45) is 11.8 Å². The third-order valence-electron chi connectivity index (χ3n) is 4.02. The van der Waals surface area contributed by atoms with Gasteiger partial charge in [-0.1, -0.05) is 13.8 Å². The topological polar surface area (TPSA) is 78.4 Å². The Morgan fingerprint density at radius 3 is 2.40 bits per heavy atom. The molecule has 3 N–H and O–H groups in total. The van der Waals surface area contributed by atoms with Gasteiger partial charge in [-0.05, 0) is 37.2 Å². The van der Waals surface area contributed by atoms with Crippen LogP contribution in [-0.2, 0) is 9.59 Å². The van der Waals surface area contributed by atoms with E-state index in [9.17, 15) is 9.59 Å². The number of amides is 1. The highest BCUT2D eigenvalue weighted by atomic mass is 16.4. The molecule has 1 amide bonds. The second-order valence-corrected chi connectivity index (χ2v) is 5.81. The van der Waals surface area contributed by atoms with Gasteiger partial charge in [-0.25, -0.2) is 0 Å². The largest absolute Gasteiger partial charge is 0.481 e. The molecule has 0 aromatic heterocycles. The summed E-state index contributed by atoms with van der Waals surface area (Å²) in [5, 5.41) is 14.8. The van der Waals surface area contributed by atoms with Gasteiger partial charge in [0, 0.05) is 31.6 Å². The number of hydrogen-bond acceptors (Lipinski definition) is 3. The number of carbonyl (C=O) groups excluding carboxylic acids is 1. The molecule has 1 atom stereocenters. The highest BCUT2D eigenvalue weighted by Crippen LogP contribution is 2.20. The van der Waals surface area contributed by atoms with E-state index < -0.39 is 5.97 Å². The van der Waals surface area contributed by atoms with Crippen molar-refractivity contribution in [1.82, 2.24) is 10.6 Å². The molecule has 5 nitrogen and oxygen atoms in total. The summed E-state index contributed by atoms with van der Waals surface area (Å²) in [7, 11) is 0. The van der Waals surface area contributed by atoms with Crippen LogP contribution in [0.2, 0.25) is 0 Å². The molecule has 0 aliphatic carbocycles. The summed E-state index contributed by atoms with van der Waals surface area (Å²) >= 11 is 0. The summed E-state index contributed by atoms with van der Waals surface area (Å²) < 4.78 is 0. The molecular formula is C15H26N2O3. The summed E-state index contributed by atoms with van der Waals surface area (Å²) in [4.78, 5) is 22.5. The van der Waals surface area contributed by atoms with Crippen molar-refractivity contribution >= 4 is 11.9 Å². The number of aliphatic carboxylic acids is 1. The predicted molar refractivity (Wildman–Crippen MR) is 78.4 cm³/mol.